The zero-order valence-corrected chi connectivity index (χ0v) is 14.4. The van der Waals surface area contributed by atoms with E-state index in [0.717, 1.165) is 0 Å². The third-order valence-electron chi connectivity index (χ3n) is 4.27. The van der Waals surface area contributed by atoms with Gasteiger partial charge in [-0.25, -0.2) is 0 Å². The second-order valence-electron chi connectivity index (χ2n) is 6.79. The third kappa shape index (κ3) is 4.16. The average Bonchev–Trinajstić information content (AvgIpc) is 2.35. The number of nitrogens with one attached hydrogen (secondary N) is 1. The van der Waals surface area contributed by atoms with Crippen LogP contribution in [0.25, 0.3) is 0 Å². The molecule has 0 amide bonds. The second kappa shape index (κ2) is 6.20. The quantitative estimate of drug-likeness (QED) is 0.809. The number of benzene rings is 1. The van der Waals surface area contributed by atoms with Crippen molar-refractivity contribution in [1.82, 2.24) is 5.32 Å². The molecule has 0 spiro atoms. The Labute approximate surface area is 119 Å². The molecule has 0 saturated carbocycles. The minimum atomic E-state index is -1.77. The van der Waals surface area contributed by atoms with Gasteiger partial charge in [-0.1, -0.05) is 51.1 Å². The van der Waals surface area contributed by atoms with E-state index >= 15 is 0 Å². The van der Waals surface area contributed by atoms with Gasteiger partial charge in [0.15, 0.2) is 8.32 Å². The first kappa shape index (κ1) is 16.4. The van der Waals surface area contributed by atoms with Crippen LogP contribution in [0.3, 0.4) is 0 Å². The summed E-state index contributed by atoms with van der Waals surface area (Å²) >= 11 is 0. The van der Waals surface area contributed by atoms with Crippen molar-refractivity contribution < 1.29 is 4.43 Å². The fraction of sp³-hybridized carbons (Fsp3) is 0.625. The van der Waals surface area contributed by atoms with Crippen LogP contribution < -0.4 is 5.32 Å². The minimum Gasteiger partial charge on any atom is -0.408 e. The molecule has 2 unspecified atom stereocenters. The first-order valence-electron chi connectivity index (χ1n) is 7.09. The normalized spacial score (nSPS) is 16.2. The highest BCUT2D eigenvalue weighted by Crippen LogP contribution is 2.40. The van der Waals surface area contributed by atoms with Gasteiger partial charge < -0.3 is 9.74 Å². The SMILES string of the molecule is CNC(C)C(O[Si](C)(C)C(C)(C)C)c1ccccc1. The van der Waals surface area contributed by atoms with Gasteiger partial charge in [0, 0.05) is 6.04 Å². The highest BCUT2D eigenvalue weighted by Gasteiger charge is 2.40. The summed E-state index contributed by atoms with van der Waals surface area (Å²) in [6.45, 7) is 13.7. The summed E-state index contributed by atoms with van der Waals surface area (Å²) in [5.74, 6) is 0. The summed E-state index contributed by atoms with van der Waals surface area (Å²) in [5, 5.41) is 3.56. The van der Waals surface area contributed by atoms with Crippen molar-refractivity contribution in [3.8, 4) is 0 Å². The van der Waals surface area contributed by atoms with E-state index in [9.17, 15) is 0 Å². The van der Waals surface area contributed by atoms with Gasteiger partial charge in [-0.15, -0.1) is 0 Å². The summed E-state index contributed by atoms with van der Waals surface area (Å²) in [6.07, 6.45) is 0.118. The van der Waals surface area contributed by atoms with Gasteiger partial charge in [0.1, 0.15) is 0 Å². The zero-order chi connectivity index (χ0) is 14.7. The minimum absolute atomic E-state index is 0.118. The molecule has 0 aromatic heterocycles. The van der Waals surface area contributed by atoms with Crippen LogP contribution in [-0.2, 0) is 4.43 Å². The Bertz CT molecular complexity index is 383. The Morgan fingerprint density at radius 2 is 1.63 bits per heavy atom. The largest absolute Gasteiger partial charge is 0.408 e. The lowest BCUT2D eigenvalue weighted by Crippen LogP contribution is -2.45. The summed E-state index contributed by atoms with van der Waals surface area (Å²) in [6, 6.07) is 10.8. The van der Waals surface area contributed by atoms with E-state index in [1.807, 2.05) is 7.05 Å². The molecular weight excluding hydrogens is 250 g/mol. The molecule has 0 fully saturated rings. The van der Waals surface area contributed by atoms with Crippen LogP contribution in [0.5, 0.6) is 0 Å². The molecule has 1 aromatic rings. The number of rotatable bonds is 5. The van der Waals surface area contributed by atoms with Gasteiger partial charge in [0.05, 0.1) is 6.10 Å². The second-order valence-corrected chi connectivity index (χ2v) is 11.5. The van der Waals surface area contributed by atoms with Crippen LogP contribution >= 0.6 is 0 Å². The first-order valence-corrected chi connectivity index (χ1v) is 10.00. The van der Waals surface area contributed by atoms with Crippen LogP contribution in [0.15, 0.2) is 30.3 Å². The Hall–Kier alpha value is -0.643. The monoisotopic (exact) mass is 279 g/mol. The van der Waals surface area contributed by atoms with Crippen LogP contribution in [0.2, 0.25) is 18.1 Å². The predicted molar refractivity (Wildman–Crippen MR) is 86.0 cm³/mol. The van der Waals surface area contributed by atoms with Gasteiger partial charge in [-0.05, 0) is 37.7 Å². The van der Waals surface area contributed by atoms with E-state index in [2.05, 4.69) is 76.4 Å². The molecule has 1 N–H and O–H groups in total. The fourth-order valence-corrected chi connectivity index (χ4v) is 3.08. The molecule has 19 heavy (non-hydrogen) atoms. The maximum absolute atomic E-state index is 6.62. The molecule has 0 aliphatic rings. The van der Waals surface area contributed by atoms with E-state index in [1.54, 1.807) is 0 Å². The predicted octanol–water partition coefficient (Wildman–Crippen LogP) is 4.36. The van der Waals surface area contributed by atoms with Crippen molar-refractivity contribution in [1.29, 1.82) is 0 Å². The maximum Gasteiger partial charge on any atom is 0.192 e. The molecule has 0 bridgehead atoms. The molecule has 1 rings (SSSR count). The summed E-state index contributed by atoms with van der Waals surface area (Å²) in [5.41, 5.74) is 1.26. The van der Waals surface area contributed by atoms with Crippen LogP contribution in [0, 0.1) is 0 Å². The van der Waals surface area contributed by atoms with E-state index in [-0.39, 0.29) is 11.1 Å². The standard InChI is InChI=1S/C16H29NOSi/c1-13(17-5)15(14-11-9-8-10-12-14)18-19(6,7)16(2,3)4/h8-13,15,17H,1-7H3. The van der Waals surface area contributed by atoms with E-state index in [0.29, 0.717) is 6.04 Å². The lowest BCUT2D eigenvalue weighted by atomic mass is 10.0. The van der Waals surface area contributed by atoms with Gasteiger partial charge in [-0.2, -0.15) is 0 Å². The van der Waals surface area contributed by atoms with Gasteiger partial charge in [0.25, 0.3) is 0 Å². The highest BCUT2D eigenvalue weighted by molar-refractivity contribution is 6.74. The number of hydrogen-bond donors (Lipinski definition) is 1. The smallest absolute Gasteiger partial charge is 0.192 e. The van der Waals surface area contributed by atoms with Crippen molar-refractivity contribution in [3.05, 3.63) is 35.9 Å². The molecule has 0 saturated heterocycles. The first-order chi connectivity index (χ1) is 8.69. The Kier molecular flexibility index (Phi) is 5.36. The number of hydrogen-bond acceptors (Lipinski definition) is 2. The lowest BCUT2D eigenvalue weighted by molar-refractivity contribution is 0.147. The van der Waals surface area contributed by atoms with Crippen molar-refractivity contribution in [2.45, 2.75) is 58.0 Å². The molecule has 2 atom stereocenters. The number of likely N-dealkylation sites (N-methyl/N-ethyl adjacent to an activating group) is 1. The third-order valence-corrected chi connectivity index (χ3v) is 8.72. The summed E-state index contributed by atoms with van der Waals surface area (Å²) in [7, 11) is 0.226. The average molecular weight is 279 g/mol. The molecule has 108 valence electrons. The van der Waals surface area contributed by atoms with E-state index in [1.165, 1.54) is 5.56 Å². The zero-order valence-electron chi connectivity index (χ0n) is 13.4. The topological polar surface area (TPSA) is 21.3 Å². The van der Waals surface area contributed by atoms with Gasteiger partial charge in [0.2, 0.25) is 0 Å². The molecule has 0 aliphatic carbocycles. The molecule has 2 nitrogen and oxygen atoms in total. The molecule has 0 radical (unpaired) electrons. The Morgan fingerprint density at radius 1 is 1.11 bits per heavy atom. The molecule has 1 aromatic carbocycles. The Balaban J connectivity index is 3.01. The van der Waals surface area contributed by atoms with Gasteiger partial charge in [-0.3, -0.25) is 0 Å². The van der Waals surface area contributed by atoms with Crippen LogP contribution in [0.1, 0.15) is 39.4 Å². The van der Waals surface area contributed by atoms with Crippen LogP contribution in [0.4, 0.5) is 0 Å². The van der Waals surface area contributed by atoms with Crippen molar-refractivity contribution in [2.24, 2.45) is 0 Å². The molecule has 0 aliphatic heterocycles. The summed E-state index contributed by atoms with van der Waals surface area (Å²) in [4.78, 5) is 0. The summed E-state index contributed by atoms with van der Waals surface area (Å²) < 4.78 is 6.62. The lowest BCUT2D eigenvalue weighted by Gasteiger charge is -2.41. The van der Waals surface area contributed by atoms with Crippen LogP contribution in [-0.4, -0.2) is 21.4 Å². The maximum atomic E-state index is 6.62. The molecule has 0 heterocycles. The fourth-order valence-electron chi connectivity index (χ4n) is 1.75. The van der Waals surface area contributed by atoms with Gasteiger partial charge >= 0.3 is 0 Å². The molecule has 3 heteroatoms. The van der Waals surface area contributed by atoms with Crippen molar-refractivity contribution >= 4 is 8.32 Å². The van der Waals surface area contributed by atoms with Crippen molar-refractivity contribution in [3.63, 3.8) is 0 Å². The Morgan fingerprint density at radius 3 is 2.05 bits per heavy atom. The van der Waals surface area contributed by atoms with E-state index < -0.39 is 8.32 Å². The molecular formula is C16H29NOSi. The van der Waals surface area contributed by atoms with E-state index in [4.69, 9.17) is 4.43 Å². The van der Waals surface area contributed by atoms with Crippen molar-refractivity contribution in [2.75, 3.05) is 7.05 Å². The highest BCUT2D eigenvalue weighted by atomic mass is 28.4.